The highest BCUT2D eigenvalue weighted by Crippen LogP contribution is 2.25. The van der Waals surface area contributed by atoms with E-state index in [0.29, 0.717) is 0 Å². The molecule has 1 N–H and O–H groups in total. The van der Waals surface area contributed by atoms with Crippen LogP contribution in [0.1, 0.15) is 64.1 Å². The van der Waals surface area contributed by atoms with Gasteiger partial charge in [-0.05, 0) is 40.0 Å². The summed E-state index contributed by atoms with van der Waals surface area (Å²) in [7, 11) is 0. The molecule has 1 amide bonds. The predicted octanol–water partition coefficient (Wildman–Crippen LogP) is 2.99. The Labute approximate surface area is 151 Å². The summed E-state index contributed by atoms with van der Waals surface area (Å²) in [4.78, 5) is 15.4. The van der Waals surface area contributed by atoms with Gasteiger partial charge in [0.25, 0.3) is 0 Å². The van der Waals surface area contributed by atoms with Crippen LogP contribution in [0.15, 0.2) is 4.52 Å². The molecule has 0 radical (unpaired) electrons. The number of aryl methyl sites for hydroxylation is 2. The van der Waals surface area contributed by atoms with E-state index in [1.54, 1.807) is 0 Å². The van der Waals surface area contributed by atoms with Crippen LogP contribution in [0.4, 0.5) is 0 Å². The molecule has 1 aromatic heterocycles. The number of aromatic nitrogens is 1. The van der Waals surface area contributed by atoms with Crippen LogP contribution in [0, 0.1) is 19.8 Å². The molecule has 0 aliphatic carbocycles. The standard InChI is InChI=1S/C19H33N3O3/c1-8-16(17-14(6)21-25-15(17)7)20-19(23)18(11(2)3)22-9-12(4)24-13(5)10-22/h11-13,16,18H,8-10H2,1-7H3,(H,20,23). The largest absolute Gasteiger partial charge is 0.373 e. The van der Waals surface area contributed by atoms with E-state index in [9.17, 15) is 4.79 Å². The Morgan fingerprint density at radius 2 is 1.88 bits per heavy atom. The van der Waals surface area contributed by atoms with Gasteiger partial charge in [-0.25, -0.2) is 0 Å². The molecule has 0 bridgehead atoms. The molecule has 2 rings (SSSR count). The number of rotatable bonds is 6. The van der Waals surface area contributed by atoms with Crippen LogP contribution in [0.5, 0.6) is 0 Å². The molecule has 0 saturated carbocycles. The second-order valence-electron chi connectivity index (χ2n) is 7.61. The van der Waals surface area contributed by atoms with E-state index in [0.717, 1.165) is 36.5 Å². The van der Waals surface area contributed by atoms with Crippen molar-refractivity contribution in [1.82, 2.24) is 15.4 Å². The maximum atomic E-state index is 13.1. The Bertz CT molecular complexity index is 555. The minimum atomic E-state index is -0.164. The van der Waals surface area contributed by atoms with Crippen molar-refractivity contribution in [2.75, 3.05) is 13.1 Å². The minimum absolute atomic E-state index is 0.0724. The lowest BCUT2D eigenvalue weighted by atomic mass is 9.97. The number of hydrogen-bond acceptors (Lipinski definition) is 5. The summed E-state index contributed by atoms with van der Waals surface area (Å²) in [6.07, 6.45) is 1.08. The van der Waals surface area contributed by atoms with Gasteiger partial charge in [0, 0.05) is 18.7 Å². The fraction of sp³-hybridized carbons (Fsp3) is 0.789. The number of nitrogens with one attached hydrogen (secondary N) is 1. The highest BCUT2D eigenvalue weighted by molar-refractivity contribution is 5.82. The minimum Gasteiger partial charge on any atom is -0.373 e. The lowest BCUT2D eigenvalue weighted by molar-refractivity contribution is -0.136. The van der Waals surface area contributed by atoms with Gasteiger partial charge in [0.05, 0.1) is 30.0 Å². The molecule has 6 heteroatoms. The molecule has 2 heterocycles. The zero-order chi connectivity index (χ0) is 18.7. The third-order valence-electron chi connectivity index (χ3n) is 4.90. The SMILES string of the molecule is CCC(NC(=O)C(C(C)C)N1CC(C)OC(C)C1)c1c(C)noc1C. The van der Waals surface area contributed by atoms with Gasteiger partial charge >= 0.3 is 0 Å². The Morgan fingerprint density at radius 1 is 1.28 bits per heavy atom. The van der Waals surface area contributed by atoms with Gasteiger partial charge in [-0.1, -0.05) is 25.9 Å². The van der Waals surface area contributed by atoms with E-state index in [-0.39, 0.29) is 36.1 Å². The summed E-state index contributed by atoms with van der Waals surface area (Å²) in [5.74, 6) is 1.07. The number of carbonyl (C=O) groups is 1. The van der Waals surface area contributed by atoms with Gasteiger partial charge in [-0.2, -0.15) is 0 Å². The number of hydrogen-bond donors (Lipinski definition) is 1. The normalized spacial score (nSPS) is 24.3. The summed E-state index contributed by atoms with van der Waals surface area (Å²) in [5, 5.41) is 7.27. The monoisotopic (exact) mass is 351 g/mol. The maximum Gasteiger partial charge on any atom is 0.238 e. The van der Waals surface area contributed by atoms with Crippen LogP contribution in [0.2, 0.25) is 0 Å². The summed E-state index contributed by atoms with van der Waals surface area (Å²) < 4.78 is 11.1. The van der Waals surface area contributed by atoms with E-state index in [4.69, 9.17) is 9.26 Å². The smallest absolute Gasteiger partial charge is 0.238 e. The third kappa shape index (κ3) is 4.61. The van der Waals surface area contributed by atoms with Gasteiger partial charge in [0.15, 0.2) is 0 Å². The molecule has 0 spiro atoms. The topological polar surface area (TPSA) is 67.6 Å². The van der Waals surface area contributed by atoms with Crippen molar-refractivity contribution in [3.63, 3.8) is 0 Å². The second-order valence-corrected chi connectivity index (χ2v) is 7.61. The zero-order valence-corrected chi connectivity index (χ0v) is 16.6. The van der Waals surface area contributed by atoms with Gasteiger partial charge in [-0.15, -0.1) is 0 Å². The number of nitrogens with zero attached hydrogens (tertiary/aromatic N) is 2. The van der Waals surface area contributed by atoms with E-state index >= 15 is 0 Å². The molecule has 1 aromatic rings. The van der Waals surface area contributed by atoms with Crippen LogP contribution in [-0.2, 0) is 9.53 Å². The number of carbonyl (C=O) groups excluding carboxylic acids is 1. The van der Waals surface area contributed by atoms with Gasteiger partial charge in [0.1, 0.15) is 5.76 Å². The lowest BCUT2D eigenvalue weighted by Crippen LogP contribution is -2.57. The van der Waals surface area contributed by atoms with Crippen LogP contribution in [0.3, 0.4) is 0 Å². The van der Waals surface area contributed by atoms with E-state index in [1.165, 1.54) is 0 Å². The molecule has 1 saturated heterocycles. The summed E-state index contributed by atoms with van der Waals surface area (Å²) in [6, 6.07) is -0.237. The lowest BCUT2D eigenvalue weighted by Gasteiger charge is -2.41. The maximum absolute atomic E-state index is 13.1. The quantitative estimate of drug-likeness (QED) is 0.853. The Hall–Kier alpha value is -1.40. The van der Waals surface area contributed by atoms with Crippen LogP contribution in [0.25, 0.3) is 0 Å². The molecule has 6 nitrogen and oxygen atoms in total. The van der Waals surface area contributed by atoms with Crippen LogP contribution < -0.4 is 5.32 Å². The Balaban J connectivity index is 2.17. The zero-order valence-electron chi connectivity index (χ0n) is 16.6. The molecule has 0 aromatic carbocycles. The number of ether oxygens (including phenoxy) is 1. The Morgan fingerprint density at radius 3 is 2.32 bits per heavy atom. The highest BCUT2D eigenvalue weighted by Gasteiger charge is 2.35. The second kappa shape index (κ2) is 8.32. The average molecular weight is 351 g/mol. The highest BCUT2D eigenvalue weighted by atomic mass is 16.5. The van der Waals surface area contributed by atoms with E-state index < -0.39 is 0 Å². The van der Waals surface area contributed by atoms with Crippen molar-refractivity contribution in [3.05, 3.63) is 17.0 Å². The third-order valence-corrected chi connectivity index (χ3v) is 4.90. The first kappa shape index (κ1) is 19.9. The van der Waals surface area contributed by atoms with Crippen LogP contribution >= 0.6 is 0 Å². The first-order valence-electron chi connectivity index (χ1n) is 9.37. The molecule has 1 aliphatic rings. The fourth-order valence-electron chi connectivity index (χ4n) is 3.96. The first-order chi connectivity index (χ1) is 11.7. The van der Waals surface area contributed by atoms with Crippen molar-refractivity contribution in [3.8, 4) is 0 Å². The summed E-state index contributed by atoms with van der Waals surface area (Å²) >= 11 is 0. The molecule has 1 aliphatic heterocycles. The molecular weight excluding hydrogens is 318 g/mol. The molecule has 25 heavy (non-hydrogen) atoms. The van der Waals surface area contributed by atoms with Crippen molar-refractivity contribution >= 4 is 5.91 Å². The molecule has 4 unspecified atom stereocenters. The van der Waals surface area contributed by atoms with Gasteiger partial charge in [-0.3, -0.25) is 9.69 Å². The summed E-state index contributed by atoms with van der Waals surface area (Å²) in [5.41, 5.74) is 1.85. The van der Waals surface area contributed by atoms with Crippen LogP contribution in [-0.4, -0.2) is 47.3 Å². The molecule has 4 atom stereocenters. The van der Waals surface area contributed by atoms with Crippen molar-refractivity contribution in [2.45, 2.75) is 79.2 Å². The van der Waals surface area contributed by atoms with E-state index in [2.05, 4.69) is 50.0 Å². The first-order valence-corrected chi connectivity index (χ1v) is 9.37. The molecule has 142 valence electrons. The number of morpholine rings is 1. The average Bonchev–Trinajstić information content (AvgIpc) is 2.83. The van der Waals surface area contributed by atoms with Crippen molar-refractivity contribution < 1.29 is 14.1 Å². The van der Waals surface area contributed by atoms with Gasteiger partial charge < -0.3 is 14.6 Å². The van der Waals surface area contributed by atoms with Crippen molar-refractivity contribution in [2.24, 2.45) is 5.92 Å². The molecular formula is C19H33N3O3. The van der Waals surface area contributed by atoms with Gasteiger partial charge in [0.2, 0.25) is 5.91 Å². The van der Waals surface area contributed by atoms with E-state index in [1.807, 2.05) is 13.8 Å². The molecule has 1 fully saturated rings. The van der Waals surface area contributed by atoms with Crippen molar-refractivity contribution in [1.29, 1.82) is 0 Å². The number of amides is 1. The Kier molecular flexibility index (Phi) is 6.63. The summed E-state index contributed by atoms with van der Waals surface area (Å²) in [6.45, 7) is 15.8. The fourth-order valence-corrected chi connectivity index (χ4v) is 3.96. The predicted molar refractivity (Wildman–Crippen MR) is 97.4 cm³/mol.